The first kappa shape index (κ1) is 12.3. The summed E-state index contributed by atoms with van der Waals surface area (Å²) in [5.74, 6) is -1.92. The van der Waals surface area contributed by atoms with E-state index in [2.05, 4.69) is 5.32 Å². The molecule has 1 aliphatic rings. The van der Waals surface area contributed by atoms with Gasteiger partial charge >= 0.3 is 12.0 Å². The molecule has 2 rings (SSSR count). The third-order valence-electron chi connectivity index (χ3n) is 2.85. The number of hydrogen-bond donors (Lipinski definition) is 2. The van der Waals surface area contributed by atoms with Gasteiger partial charge in [0.1, 0.15) is 5.82 Å². The molecule has 0 spiro atoms. The van der Waals surface area contributed by atoms with Crippen LogP contribution in [0.4, 0.5) is 14.9 Å². The number of carbonyl (C=O) groups is 2. The standard InChI is InChI=1S/C12H13FN2O3/c13-8-3-4-10(9(7-8)11(16)17)14-12(18)15-5-1-2-6-15/h3-4,7H,1-2,5-6H2,(H,14,18)(H,16,17). The number of halogens is 1. The van der Waals surface area contributed by atoms with E-state index in [1.807, 2.05) is 0 Å². The number of nitrogens with one attached hydrogen (secondary N) is 1. The average Bonchev–Trinajstić information content (AvgIpc) is 2.84. The number of carboxylic acid groups (broad SMARTS) is 1. The van der Waals surface area contributed by atoms with Crippen LogP contribution in [0, 0.1) is 5.82 Å². The lowest BCUT2D eigenvalue weighted by Gasteiger charge is -2.17. The summed E-state index contributed by atoms with van der Waals surface area (Å²) in [5, 5.41) is 11.4. The molecule has 1 aromatic rings. The van der Waals surface area contributed by atoms with E-state index in [-0.39, 0.29) is 17.3 Å². The first-order chi connectivity index (χ1) is 8.58. The van der Waals surface area contributed by atoms with Crippen LogP contribution >= 0.6 is 0 Å². The Balaban J connectivity index is 2.17. The van der Waals surface area contributed by atoms with Crippen LogP contribution in [0.5, 0.6) is 0 Å². The zero-order valence-corrected chi connectivity index (χ0v) is 9.65. The van der Waals surface area contributed by atoms with Gasteiger partial charge in [0, 0.05) is 13.1 Å². The molecule has 96 valence electrons. The Morgan fingerprint density at radius 3 is 2.56 bits per heavy atom. The molecule has 0 radical (unpaired) electrons. The fourth-order valence-corrected chi connectivity index (χ4v) is 1.92. The van der Waals surface area contributed by atoms with E-state index in [0.717, 1.165) is 25.0 Å². The maximum atomic E-state index is 13.0. The van der Waals surface area contributed by atoms with Crippen LogP contribution < -0.4 is 5.32 Å². The SMILES string of the molecule is O=C(O)c1cc(F)ccc1NC(=O)N1CCCC1. The van der Waals surface area contributed by atoms with Crippen molar-refractivity contribution in [1.29, 1.82) is 0 Å². The van der Waals surface area contributed by atoms with Crippen LogP contribution in [-0.2, 0) is 0 Å². The lowest BCUT2D eigenvalue weighted by molar-refractivity contribution is 0.0697. The number of carbonyl (C=O) groups excluding carboxylic acids is 1. The molecule has 18 heavy (non-hydrogen) atoms. The molecular formula is C12H13FN2O3. The van der Waals surface area contributed by atoms with E-state index in [0.29, 0.717) is 13.1 Å². The van der Waals surface area contributed by atoms with Gasteiger partial charge in [-0.1, -0.05) is 0 Å². The Morgan fingerprint density at radius 1 is 1.28 bits per heavy atom. The maximum absolute atomic E-state index is 13.0. The summed E-state index contributed by atoms with van der Waals surface area (Å²) in [6.45, 7) is 1.32. The van der Waals surface area contributed by atoms with Gasteiger partial charge in [0.05, 0.1) is 11.3 Å². The number of urea groups is 1. The Morgan fingerprint density at radius 2 is 1.94 bits per heavy atom. The van der Waals surface area contributed by atoms with Crippen molar-refractivity contribution in [3.63, 3.8) is 0 Å². The molecule has 0 bridgehead atoms. The summed E-state index contributed by atoms with van der Waals surface area (Å²) in [5.41, 5.74) is -0.136. The van der Waals surface area contributed by atoms with Crippen LogP contribution in [0.25, 0.3) is 0 Å². The molecule has 6 heteroatoms. The topological polar surface area (TPSA) is 69.6 Å². The van der Waals surface area contributed by atoms with E-state index in [9.17, 15) is 14.0 Å². The van der Waals surface area contributed by atoms with Gasteiger partial charge in [-0.3, -0.25) is 0 Å². The lowest BCUT2D eigenvalue weighted by Crippen LogP contribution is -2.32. The Bertz CT molecular complexity index is 484. The largest absolute Gasteiger partial charge is 0.478 e. The number of amides is 2. The predicted molar refractivity (Wildman–Crippen MR) is 63.2 cm³/mol. The van der Waals surface area contributed by atoms with Gasteiger partial charge in [-0.15, -0.1) is 0 Å². The highest BCUT2D eigenvalue weighted by Crippen LogP contribution is 2.18. The van der Waals surface area contributed by atoms with Crippen molar-refractivity contribution in [3.8, 4) is 0 Å². The highest BCUT2D eigenvalue weighted by atomic mass is 19.1. The summed E-state index contributed by atoms with van der Waals surface area (Å²) in [6.07, 6.45) is 1.89. The number of aromatic carboxylic acids is 1. The smallest absolute Gasteiger partial charge is 0.337 e. The molecule has 0 aromatic heterocycles. The third-order valence-corrected chi connectivity index (χ3v) is 2.85. The molecule has 0 saturated carbocycles. The van der Waals surface area contributed by atoms with E-state index in [4.69, 9.17) is 5.11 Å². The minimum absolute atomic E-state index is 0.112. The van der Waals surface area contributed by atoms with Crippen LogP contribution in [0.1, 0.15) is 23.2 Å². The van der Waals surface area contributed by atoms with Gasteiger partial charge in [0.25, 0.3) is 0 Å². The van der Waals surface area contributed by atoms with Crippen molar-refractivity contribution in [2.75, 3.05) is 18.4 Å². The maximum Gasteiger partial charge on any atom is 0.337 e. The van der Waals surface area contributed by atoms with E-state index in [1.54, 1.807) is 4.90 Å². The summed E-state index contributed by atoms with van der Waals surface area (Å²) in [6, 6.07) is 2.92. The molecule has 0 aliphatic carbocycles. The van der Waals surface area contributed by atoms with Crippen molar-refractivity contribution in [3.05, 3.63) is 29.6 Å². The number of nitrogens with zero attached hydrogens (tertiary/aromatic N) is 1. The van der Waals surface area contributed by atoms with Crippen molar-refractivity contribution in [1.82, 2.24) is 4.90 Å². The van der Waals surface area contributed by atoms with Crippen LogP contribution in [-0.4, -0.2) is 35.1 Å². The lowest BCUT2D eigenvalue weighted by atomic mass is 10.1. The summed E-state index contributed by atoms with van der Waals surface area (Å²) >= 11 is 0. The van der Waals surface area contributed by atoms with Gasteiger partial charge < -0.3 is 15.3 Å². The number of anilines is 1. The highest BCUT2D eigenvalue weighted by molar-refractivity contribution is 6.00. The first-order valence-corrected chi connectivity index (χ1v) is 5.66. The molecule has 0 unspecified atom stereocenters. The highest BCUT2D eigenvalue weighted by Gasteiger charge is 2.20. The number of likely N-dealkylation sites (tertiary alicyclic amines) is 1. The fraction of sp³-hybridized carbons (Fsp3) is 0.333. The van der Waals surface area contributed by atoms with Crippen LogP contribution in [0.15, 0.2) is 18.2 Å². The molecule has 1 saturated heterocycles. The second kappa shape index (κ2) is 5.03. The zero-order valence-electron chi connectivity index (χ0n) is 9.65. The Hall–Kier alpha value is -2.11. The summed E-state index contributed by atoms with van der Waals surface area (Å²) < 4.78 is 13.0. The number of carboxylic acids is 1. The van der Waals surface area contributed by atoms with Gasteiger partial charge in [-0.05, 0) is 31.0 Å². The van der Waals surface area contributed by atoms with Gasteiger partial charge in [0.2, 0.25) is 0 Å². The molecule has 1 aromatic carbocycles. The van der Waals surface area contributed by atoms with Crippen molar-refractivity contribution in [2.45, 2.75) is 12.8 Å². The zero-order chi connectivity index (χ0) is 13.1. The van der Waals surface area contributed by atoms with Crippen molar-refractivity contribution in [2.24, 2.45) is 0 Å². The molecule has 0 atom stereocenters. The summed E-state index contributed by atoms with van der Waals surface area (Å²) in [7, 11) is 0. The summed E-state index contributed by atoms with van der Waals surface area (Å²) in [4.78, 5) is 24.4. The Kier molecular flexibility index (Phi) is 3.45. The molecule has 1 fully saturated rings. The Labute approximate surface area is 103 Å². The fourth-order valence-electron chi connectivity index (χ4n) is 1.92. The number of hydrogen-bond acceptors (Lipinski definition) is 2. The quantitative estimate of drug-likeness (QED) is 0.847. The van der Waals surface area contributed by atoms with E-state index in [1.165, 1.54) is 6.07 Å². The second-order valence-corrected chi connectivity index (χ2v) is 4.12. The van der Waals surface area contributed by atoms with Crippen molar-refractivity contribution < 1.29 is 19.1 Å². The van der Waals surface area contributed by atoms with Gasteiger partial charge in [0.15, 0.2) is 0 Å². The minimum Gasteiger partial charge on any atom is -0.478 e. The van der Waals surface area contributed by atoms with E-state index >= 15 is 0 Å². The van der Waals surface area contributed by atoms with E-state index < -0.39 is 11.8 Å². The predicted octanol–water partition coefficient (Wildman–Crippen LogP) is 2.15. The second-order valence-electron chi connectivity index (χ2n) is 4.12. The van der Waals surface area contributed by atoms with Crippen molar-refractivity contribution >= 4 is 17.7 Å². The van der Waals surface area contributed by atoms with Gasteiger partial charge in [-0.25, -0.2) is 14.0 Å². The average molecular weight is 252 g/mol. The normalized spacial score (nSPS) is 14.6. The molecule has 5 nitrogen and oxygen atoms in total. The molecule has 2 N–H and O–H groups in total. The van der Waals surface area contributed by atoms with Crippen LogP contribution in [0.3, 0.4) is 0 Å². The minimum atomic E-state index is -1.27. The van der Waals surface area contributed by atoms with Crippen LogP contribution in [0.2, 0.25) is 0 Å². The number of benzene rings is 1. The first-order valence-electron chi connectivity index (χ1n) is 5.66. The monoisotopic (exact) mass is 252 g/mol. The molecule has 2 amide bonds. The third kappa shape index (κ3) is 2.58. The molecule has 1 aliphatic heterocycles. The van der Waals surface area contributed by atoms with Gasteiger partial charge in [-0.2, -0.15) is 0 Å². The molecular weight excluding hydrogens is 239 g/mol. The molecule has 1 heterocycles. The number of rotatable bonds is 2.